The summed E-state index contributed by atoms with van der Waals surface area (Å²) in [5, 5.41) is 3.70. The van der Waals surface area contributed by atoms with Crippen LogP contribution in [0, 0.1) is 5.92 Å². The molecule has 0 bridgehead atoms. The molecule has 0 radical (unpaired) electrons. The summed E-state index contributed by atoms with van der Waals surface area (Å²) in [6.45, 7) is 4.03. The molecule has 0 saturated heterocycles. The van der Waals surface area contributed by atoms with Crippen molar-refractivity contribution in [1.82, 2.24) is 5.32 Å². The van der Waals surface area contributed by atoms with Gasteiger partial charge in [-0.3, -0.25) is 4.79 Å². The third-order valence-electron chi connectivity index (χ3n) is 4.01. The predicted molar refractivity (Wildman–Crippen MR) is 112 cm³/mol. The van der Waals surface area contributed by atoms with E-state index in [0.717, 1.165) is 0 Å². The van der Waals surface area contributed by atoms with Crippen molar-refractivity contribution in [2.75, 3.05) is 13.2 Å². The molecule has 0 aliphatic heterocycles. The van der Waals surface area contributed by atoms with E-state index in [4.69, 9.17) is 25.5 Å². The molecule has 1 N–H and O–H groups in total. The highest BCUT2D eigenvalue weighted by Gasteiger charge is 2.15. The van der Waals surface area contributed by atoms with Crippen LogP contribution in [0.4, 0.5) is 0 Å². The number of rotatable bonds is 7. The predicted octanol–water partition coefficient (Wildman–Crippen LogP) is 3.82. The Morgan fingerprint density at radius 2 is 1.90 bits per heavy atom. The lowest BCUT2D eigenvalue weighted by molar-refractivity contribution is -0.136. The fraction of sp³-hybridized carbons (Fsp3) is 0.227. The smallest absolute Gasteiger partial charge is 0.349 e. The van der Waals surface area contributed by atoms with Gasteiger partial charge in [-0.1, -0.05) is 31.5 Å². The van der Waals surface area contributed by atoms with E-state index >= 15 is 0 Å². The quantitative estimate of drug-likeness (QED) is 0.348. The van der Waals surface area contributed by atoms with Crippen molar-refractivity contribution in [3.63, 3.8) is 0 Å². The summed E-state index contributed by atoms with van der Waals surface area (Å²) >= 11 is 5.86. The number of carbonyl (C=O) groups excluding carboxylic acids is 2. The Bertz CT molecular complexity index is 1140. The molecule has 0 atom stereocenters. The molecule has 1 amide bonds. The van der Waals surface area contributed by atoms with Crippen LogP contribution >= 0.6 is 11.6 Å². The van der Waals surface area contributed by atoms with Crippen LogP contribution in [0.2, 0.25) is 5.02 Å². The van der Waals surface area contributed by atoms with Crippen LogP contribution in [0.3, 0.4) is 0 Å². The fourth-order valence-corrected chi connectivity index (χ4v) is 2.75. The lowest BCUT2D eigenvalue weighted by Gasteiger charge is -2.09. The minimum absolute atomic E-state index is 0.0807. The first-order valence-electron chi connectivity index (χ1n) is 9.27. The van der Waals surface area contributed by atoms with Crippen LogP contribution in [-0.4, -0.2) is 25.0 Å². The monoisotopic (exact) mass is 429 g/mol. The molecule has 0 aliphatic rings. The van der Waals surface area contributed by atoms with Crippen LogP contribution in [-0.2, 0) is 4.79 Å². The van der Waals surface area contributed by atoms with Gasteiger partial charge in [0, 0.05) is 23.0 Å². The maximum Gasteiger partial charge on any atom is 0.349 e. The summed E-state index contributed by atoms with van der Waals surface area (Å²) < 4.78 is 15.8. The van der Waals surface area contributed by atoms with E-state index in [-0.39, 0.29) is 29.4 Å². The van der Waals surface area contributed by atoms with Crippen molar-refractivity contribution in [3.8, 4) is 11.5 Å². The van der Waals surface area contributed by atoms with E-state index in [1.165, 1.54) is 18.2 Å². The second-order valence-electron chi connectivity index (χ2n) is 6.97. The molecular formula is C22H20ClNO6. The third-order valence-corrected chi connectivity index (χ3v) is 4.24. The molecule has 30 heavy (non-hydrogen) atoms. The molecule has 8 heteroatoms. The molecule has 3 rings (SSSR count). The first-order chi connectivity index (χ1) is 14.3. The summed E-state index contributed by atoms with van der Waals surface area (Å²) in [5.74, 6) is -0.259. The third kappa shape index (κ3) is 5.61. The lowest BCUT2D eigenvalue weighted by atomic mass is 10.1. The zero-order chi connectivity index (χ0) is 21.7. The Kier molecular flexibility index (Phi) is 6.74. The Hall–Kier alpha value is -3.32. The lowest BCUT2D eigenvalue weighted by Crippen LogP contribution is -2.31. The minimum atomic E-state index is -0.767. The Morgan fingerprint density at radius 3 is 2.63 bits per heavy atom. The number of hydrogen-bond donors (Lipinski definition) is 1. The normalized spacial score (nSPS) is 10.8. The summed E-state index contributed by atoms with van der Waals surface area (Å²) in [4.78, 5) is 36.4. The Morgan fingerprint density at radius 1 is 1.10 bits per heavy atom. The highest BCUT2D eigenvalue weighted by atomic mass is 35.5. The average Bonchev–Trinajstić information content (AvgIpc) is 2.70. The molecule has 0 fully saturated rings. The van der Waals surface area contributed by atoms with Crippen molar-refractivity contribution in [1.29, 1.82) is 0 Å². The second kappa shape index (κ2) is 9.45. The molecule has 156 valence electrons. The number of hydrogen-bond acceptors (Lipinski definition) is 6. The molecule has 0 aliphatic carbocycles. The largest absolute Gasteiger partial charge is 0.482 e. The van der Waals surface area contributed by atoms with Crippen molar-refractivity contribution < 1.29 is 23.5 Å². The van der Waals surface area contributed by atoms with E-state index in [1.807, 2.05) is 13.8 Å². The molecule has 2 aromatic carbocycles. The zero-order valence-corrected chi connectivity index (χ0v) is 17.2. The number of benzene rings is 2. The van der Waals surface area contributed by atoms with Crippen molar-refractivity contribution >= 4 is 34.4 Å². The van der Waals surface area contributed by atoms with Crippen LogP contribution in [0.15, 0.2) is 57.7 Å². The van der Waals surface area contributed by atoms with Gasteiger partial charge in [-0.25, -0.2) is 9.59 Å². The highest BCUT2D eigenvalue weighted by Crippen LogP contribution is 2.21. The van der Waals surface area contributed by atoms with Gasteiger partial charge < -0.3 is 19.2 Å². The maximum absolute atomic E-state index is 12.2. The van der Waals surface area contributed by atoms with Crippen molar-refractivity contribution in [3.05, 3.63) is 69.5 Å². The van der Waals surface area contributed by atoms with E-state index in [0.29, 0.717) is 22.7 Å². The molecule has 1 aromatic heterocycles. The van der Waals surface area contributed by atoms with Crippen LogP contribution in [0.25, 0.3) is 11.0 Å². The number of carbonyl (C=O) groups is 2. The summed E-state index contributed by atoms with van der Waals surface area (Å²) in [6, 6.07) is 12.6. The molecular weight excluding hydrogens is 410 g/mol. The Balaban J connectivity index is 1.69. The van der Waals surface area contributed by atoms with Crippen molar-refractivity contribution in [2.45, 2.75) is 13.8 Å². The van der Waals surface area contributed by atoms with E-state index in [9.17, 15) is 14.4 Å². The van der Waals surface area contributed by atoms with Gasteiger partial charge in [0.15, 0.2) is 6.61 Å². The molecule has 0 unspecified atom stereocenters. The molecule has 7 nitrogen and oxygen atoms in total. The van der Waals surface area contributed by atoms with Gasteiger partial charge in [-0.05, 0) is 42.3 Å². The molecule has 0 saturated carbocycles. The number of amides is 1. The van der Waals surface area contributed by atoms with Gasteiger partial charge in [0.25, 0.3) is 5.91 Å². The number of nitrogens with one attached hydrogen (secondary N) is 1. The Labute approximate surface area is 177 Å². The second-order valence-corrected chi connectivity index (χ2v) is 7.41. The summed E-state index contributed by atoms with van der Waals surface area (Å²) in [5.41, 5.74) is -0.652. The molecule has 1 heterocycles. The first-order valence-corrected chi connectivity index (χ1v) is 9.65. The van der Waals surface area contributed by atoms with E-state index in [2.05, 4.69) is 5.32 Å². The maximum atomic E-state index is 12.2. The SMILES string of the molecule is CC(C)CNC(=O)c1cc2ccc(OC(=O)COc3cccc(Cl)c3)cc2oc1=O. The van der Waals surface area contributed by atoms with Gasteiger partial charge in [0.2, 0.25) is 0 Å². The van der Waals surface area contributed by atoms with Crippen molar-refractivity contribution in [2.24, 2.45) is 5.92 Å². The van der Waals surface area contributed by atoms with Crippen LogP contribution < -0.4 is 20.4 Å². The first kappa shape index (κ1) is 21.4. The van der Waals surface area contributed by atoms with Crippen LogP contribution in [0.5, 0.6) is 11.5 Å². The van der Waals surface area contributed by atoms with Gasteiger partial charge in [-0.2, -0.15) is 0 Å². The van der Waals surface area contributed by atoms with E-state index in [1.54, 1.807) is 30.3 Å². The number of fused-ring (bicyclic) bond motifs is 1. The van der Waals surface area contributed by atoms with Gasteiger partial charge in [0.1, 0.15) is 22.6 Å². The minimum Gasteiger partial charge on any atom is -0.482 e. The zero-order valence-electron chi connectivity index (χ0n) is 16.4. The topological polar surface area (TPSA) is 94.8 Å². The highest BCUT2D eigenvalue weighted by molar-refractivity contribution is 6.30. The van der Waals surface area contributed by atoms with Gasteiger partial charge in [-0.15, -0.1) is 0 Å². The fourth-order valence-electron chi connectivity index (χ4n) is 2.57. The number of halogens is 1. The number of ether oxygens (including phenoxy) is 2. The van der Waals surface area contributed by atoms with Gasteiger partial charge >= 0.3 is 11.6 Å². The van der Waals surface area contributed by atoms with E-state index < -0.39 is 17.5 Å². The van der Waals surface area contributed by atoms with Gasteiger partial charge in [0.05, 0.1) is 0 Å². The summed E-state index contributed by atoms with van der Waals surface area (Å²) in [6.07, 6.45) is 0. The number of esters is 1. The molecule has 3 aromatic rings. The van der Waals surface area contributed by atoms with Crippen LogP contribution in [0.1, 0.15) is 24.2 Å². The summed E-state index contributed by atoms with van der Waals surface area (Å²) in [7, 11) is 0. The molecule has 0 spiro atoms. The standard InChI is InChI=1S/C22H20ClNO6/c1-13(2)11-24-21(26)18-8-14-6-7-17(10-19(14)30-22(18)27)29-20(25)12-28-16-5-3-4-15(23)9-16/h3-10,13H,11-12H2,1-2H3,(H,24,26). The average molecular weight is 430 g/mol.